The average molecular weight is 186 g/mol. The van der Waals surface area contributed by atoms with E-state index in [2.05, 4.69) is 19.7 Å². The summed E-state index contributed by atoms with van der Waals surface area (Å²) in [6.07, 6.45) is 1.58. The van der Waals surface area contributed by atoms with E-state index >= 15 is 0 Å². The molecule has 0 aliphatic heterocycles. The molecule has 0 heterocycles. The van der Waals surface area contributed by atoms with E-state index in [1.54, 1.807) is 0 Å². The van der Waals surface area contributed by atoms with E-state index in [1.807, 2.05) is 0 Å². The molecule has 0 aliphatic carbocycles. The highest BCUT2D eigenvalue weighted by Gasteiger charge is 2.05. The quantitative estimate of drug-likeness (QED) is 0.437. The zero-order valence-electron chi connectivity index (χ0n) is 7.26. The molecule has 0 bridgehead atoms. The van der Waals surface area contributed by atoms with Crippen molar-refractivity contribution in [2.45, 2.75) is 12.2 Å². The van der Waals surface area contributed by atoms with Crippen molar-refractivity contribution >= 4 is 5.97 Å². The minimum absolute atomic E-state index is 0.833. The van der Waals surface area contributed by atoms with Crippen LogP contribution in [0.15, 0.2) is 38.0 Å². The van der Waals surface area contributed by atoms with Gasteiger partial charge in [0.05, 0.1) is 0 Å². The summed E-state index contributed by atoms with van der Waals surface area (Å²) in [5.41, 5.74) is 0. The Morgan fingerprint density at radius 2 is 1.31 bits per heavy atom. The van der Waals surface area contributed by atoms with Crippen LogP contribution in [0.5, 0.6) is 0 Å². The number of carbonyl (C=O) groups is 1. The molecule has 0 saturated heterocycles. The van der Waals surface area contributed by atoms with Crippen LogP contribution < -0.4 is 0 Å². The summed E-state index contributed by atoms with van der Waals surface area (Å²) in [7, 11) is 0. The van der Waals surface area contributed by atoms with Gasteiger partial charge in [0.25, 0.3) is 0 Å². The van der Waals surface area contributed by atoms with E-state index < -0.39 is 18.2 Å². The number of aliphatic carboxylic acids is 1. The summed E-state index contributed by atoms with van der Waals surface area (Å²) in [6.45, 7) is 9.50. The van der Waals surface area contributed by atoms with Gasteiger partial charge in [-0.1, -0.05) is 18.7 Å². The zero-order chi connectivity index (χ0) is 10.9. The highest BCUT2D eigenvalue weighted by atomic mass is 16.4. The second-order valence-corrected chi connectivity index (χ2v) is 1.99. The molecule has 4 heteroatoms. The predicted molar refractivity (Wildman–Crippen MR) is 50.2 cm³/mol. The van der Waals surface area contributed by atoms with Gasteiger partial charge in [0.15, 0.2) is 0 Å². The van der Waals surface area contributed by atoms with Gasteiger partial charge in [-0.3, -0.25) is 0 Å². The number of hydrogen-bond acceptors (Lipinski definition) is 3. The summed E-state index contributed by atoms with van der Waals surface area (Å²) in [5.74, 6) is -0.981. The monoisotopic (exact) mass is 186 g/mol. The molecule has 0 rings (SSSR count). The van der Waals surface area contributed by atoms with Crippen LogP contribution in [0.4, 0.5) is 0 Å². The van der Waals surface area contributed by atoms with E-state index in [0.717, 1.165) is 6.08 Å². The summed E-state index contributed by atoms with van der Waals surface area (Å²) < 4.78 is 0. The van der Waals surface area contributed by atoms with Crippen molar-refractivity contribution in [3.05, 3.63) is 38.0 Å². The fourth-order valence-electron chi connectivity index (χ4n) is 0.279. The molecule has 0 aromatic heterocycles. The molecule has 0 radical (unpaired) electrons. The summed E-state index contributed by atoms with van der Waals surface area (Å²) >= 11 is 0. The first-order valence-electron chi connectivity index (χ1n) is 3.46. The van der Waals surface area contributed by atoms with E-state index in [0.29, 0.717) is 0 Å². The van der Waals surface area contributed by atoms with Gasteiger partial charge in [-0.15, -0.1) is 13.2 Å². The number of carboxylic acids is 1. The van der Waals surface area contributed by atoms with Gasteiger partial charge in [-0.2, -0.15) is 0 Å². The molecular weight excluding hydrogens is 172 g/mol. The van der Waals surface area contributed by atoms with E-state index in [9.17, 15) is 4.79 Å². The Bertz CT molecular complexity index is 174. The minimum Gasteiger partial charge on any atom is -0.478 e. The predicted octanol–water partition coefficient (Wildman–Crippen LogP) is 0.337. The molecule has 0 aliphatic rings. The van der Waals surface area contributed by atoms with Crippen molar-refractivity contribution < 1.29 is 20.1 Å². The molecule has 0 spiro atoms. The highest BCUT2D eigenvalue weighted by Crippen LogP contribution is 1.93. The summed E-state index contributed by atoms with van der Waals surface area (Å²) in [6, 6.07) is 0. The Balaban J connectivity index is 0. The number of aliphatic hydroxyl groups is 2. The molecule has 0 aromatic carbocycles. The fourth-order valence-corrected chi connectivity index (χ4v) is 0.279. The second kappa shape index (κ2) is 8.70. The lowest BCUT2D eigenvalue weighted by atomic mass is 10.2. The van der Waals surface area contributed by atoms with Crippen LogP contribution in [0.1, 0.15) is 0 Å². The molecule has 0 saturated carbocycles. The summed E-state index contributed by atoms with van der Waals surface area (Å²) in [4.78, 5) is 9.25. The number of aliphatic hydroxyl groups excluding tert-OH is 2. The minimum atomic E-state index is -0.981. The molecule has 13 heavy (non-hydrogen) atoms. The lowest BCUT2D eigenvalue weighted by Gasteiger charge is -2.06. The van der Waals surface area contributed by atoms with Gasteiger partial charge in [-0.25, -0.2) is 4.79 Å². The Morgan fingerprint density at radius 3 is 1.38 bits per heavy atom. The van der Waals surface area contributed by atoms with Crippen molar-refractivity contribution in [2.75, 3.05) is 0 Å². The number of rotatable bonds is 4. The maximum Gasteiger partial charge on any atom is 0.327 e. The van der Waals surface area contributed by atoms with Crippen LogP contribution in [0.2, 0.25) is 0 Å². The Morgan fingerprint density at radius 1 is 1.08 bits per heavy atom. The third kappa shape index (κ3) is 10.6. The van der Waals surface area contributed by atoms with Crippen LogP contribution in [-0.2, 0) is 4.79 Å². The topological polar surface area (TPSA) is 77.8 Å². The van der Waals surface area contributed by atoms with Crippen molar-refractivity contribution in [3.63, 3.8) is 0 Å². The van der Waals surface area contributed by atoms with Crippen LogP contribution in [0, 0.1) is 0 Å². The van der Waals surface area contributed by atoms with Gasteiger partial charge in [0.1, 0.15) is 12.2 Å². The lowest BCUT2D eigenvalue weighted by molar-refractivity contribution is -0.131. The maximum atomic E-state index is 9.25. The van der Waals surface area contributed by atoms with Gasteiger partial charge in [-0.05, 0) is 0 Å². The first-order chi connectivity index (χ1) is 5.99. The van der Waals surface area contributed by atoms with Crippen molar-refractivity contribution in [1.29, 1.82) is 0 Å². The molecule has 3 N–H and O–H groups in total. The molecule has 4 nitrogen and oxygen atoms in total. The van der Waals surface area contributed by atoms with Gasteiger partial charge in [0.2, 0.25) is 0 Å². The lowest BCUT2D eigenvalue weighted by Crippen LogP contribution is -2.20. The normalized spacial score (nSPS) is 12.8. The smallest absolute Gasteiger partial charge is 0.327 e. The van der Waals surface area contributed by atoms with Crippen molar-refractivity contribution in [3.8, 4) is 0 Å². The Labute approximate surface area is 77.1 Å². The van der Waals surface area contributed by atoms with Crippen LogP contribution in [-0.4, -0.2) is 33.5 Å². The third-order valence-corrected chi connectivity index (χ3v) is 1.01. The first-order valence-corrected chi connectivity index (χ1v) is 3.46. The zero-order valence-corrected chi connectivity index (χ0v) is 7.26. The number of carboxylic acid groups (broad SMARTS) is 1. The van der Waals surface area contributed by atoms with Crippen LogP contribution in [0.3, 0.4) is 0 Å². The summed E-state index contributed by atoms with van der Waals surface area (Å²) in [5, 5.41) is 25.0. The highest BCUT2D eigenvalue weighted by molar-refractivity contribution is 5.78. The molecule has 0 amide bonds. The fraction of sp³-hybridized carbons (Fsp3) is 0.222. The van der Waals surface area contributed by atoms with E-state index in [4.69, 9.17) is 15.3 Å². The van der Waals surface area contributed by atoms with Crippen LogP contribution >= 0.6 is 0 Å². The SMILES string of the molecule is C=CC(=O)O.C=CC(O)C(O)C=C. The maximum absolute atomic E-state index is 9.25. The van der Waals surface area contributed by atoms with E-state index in [-0.39, 0.29) is 0 Å². The van der Waals surface area contributed by atoms with Gasteiger partial charge < -0.3 is 15.3 Å². The Kier molecular flexibility index (Phi) is 9.48. The van der Waals surface area contributed by atoms with Gasteiger partial charge in [0, 0.05) is 6.08 Å². The molecule has 2 unspecified atom stereocenters. The van der Waals surface area contributed by atoms with Crippen molar-refractivity contribution in [2.24, 2.45) is 0 Å². The first kappa shape index (κ1) is 14.2. The molecule has 2 atom stereocenters. The second-order valence-electron chi connectivity index (χ2n) is 1.99. The molecule has 0 fully saturated rings. The van der Waals surface area contributed by atoms with Crippen LogP contribution in [0.25, 0.3) is 0 Å². The third-order valence-electron chi connectivity index (χ3n) is 1.01. The Hall–Kier alpha value is -1.39. The largest absolute Gasteiger partial charge is 0.478 e. The average Bonchev–Trinajstić information content (AvgIpc) is 2.16. The number of hydrogen-bond donors (Lipinski definition) is 3. The molecular formula is C9H14O4. The molecule has 0 aromatic rings. The molecule has 74 valence electrons. The van der Waals surface area contributed by atoms with Crippen molar-refractivity contribution in [1.82, 2.24) is 0 Å². The van der Waals surface area contributed by atoms with E-state index in [1.165, 1.54) is 12.2 Å². The standard InChI is InChI=1S/C6H10O2.C3H4O2/c1-3-5(7)6(8)4-2;1-2-3(4)5/h3-8H,1-2H2;2H,1H2,(H,4,5). The van der Waals surface area contributed by atoms with Gasteiger partial charge >= 0.3 is 5.97 Å².